The molecular weight excluding hydrogens is 208 g/mol. The van der Waals surface area contributed by atoms with Crippen LogP contribution in [0.2, 0.25) is 0 Å². The Bertz CT molecular complexity index is 248. The van der Waals surface area contributed by atoms with E-state index in [-0.39, 0.29) is 0 Å². The summed E-state index contributed by atoms with van der Waals surface area (Å²) in [5.74, 6) is 0.998. The van der Waals surface area contributed by atoms with Crippen LogP contribution in [0.3, 0.4) is 0 Å². The zero-order valence-corrected chi connectivity index (χ0v) is 11.3. The second-order valence-electron chi connectivity index (χ2n) is 6.79. The van der Waals surface area contributed by atoms with Gasteiger partial charge in [-0.2, -0.15) is 0 Å². The number of hydrogen-bond acceptors (Lipinski definition) is 2. The Balaban J connectivity index is 1.32. The number of piperidine rings is 1. The van der Waals surface area contributed by atoms with Crippen LogP contribution in [0.1, 0.15) is 58.3 Å². The Morgan fingerprint density at radius 1 is 1.18 bits per heavy atom. The van der Waals surface area contributed by atoms with E-state index in [1.54, 1.807) is 0 Å². The molecule has 3 fully saturated rings. The van der Waals surface area contributed by atoms with Crippen LogP contribution in [-0.4, -0.2) is 25.2 Å². The molecule has 0 aromatic rings. The molecule has 2 heteroatoms. The molecule has 3 aliphatic rings. The van der Waals surface area contributed by atoms with E-state index in [1.165, 1.54) is 64.5 Å². The number of hydrogen-bond donors (Lipinski definition) is 2. The molecule has 2 unspecified atom stereocenters. The van der Waals surface area contributed by atoms with Gasteiger partial charge < -0.3 is 10.6 Å². The highest BCUT2D eigenvalue weighted by Crippen LogP contribution is 2.47. The third-order valence-electron chi connectivity index (χ3n) is 5.51. The maximum atomic E-state index is 3.73. The summed E-state index contributed by atoms with van der Waals surface area (Å²) in [5.41, 5.74) is 0.715. The molecule has 2 heterocycles. The fraction of sp³-hybridized carbons (Fsp3) is 1.00. The molecule has 2 N–H and O–H groups in total. The minimum atomic E-state index is 0.715. The zero-order valence-electron chi connectivity index (χ0n) is 11.3. The highest BCUT2D eigenvalue weighted by Gasteiger charge is 2.40. The molecule has 0 amide bonds. The van der Waals surface area contributed by atoms with Crippen molar-refractivity contribution in [3.05, 3.63) is 0 Å². The van der Waals surface area contributed by atoms with Crippen LogP contribution in [0.15, 0.2) is 0 Å². The van der Waals surface area contributed by atoms with E-state index in [2.05, 4.69) is 17.6 Å². The van der Waals surface area contributed by atoms with Gasteiger partial charge in [-0.05, 0) is 69.2 Å². The van der Waals surface area contributed by atoms with Crippen molar-refractivity contribution in [2.75, 3.05) is 13.1 Å². The van der Waals surface area contributed by atoms with Crippen molar-refractivity contribution >= 4 is 0 Å². The van der Waals surface area contributed by atoms with E-state index < -0.39 is 0 Å². The third kappa shape index (κ3) is 2.85. The van der Waals surface area contributed by atoms with E-state index in [4.69, 9.17) is 0 Å². The Morgan fingerprint density at radius 3 is 2.47 bits per heavy atom. The minimum Gasteiger partial charge on any atom is -0.316 e. The number of nitrogens with one attached hydrogen (secondary N) is 2. The van der Waals surface area contributed by atoms with Gasteiger partial charge in [0.25, 0.3) is 0 Å². The van der Waals surface area contributed by atoms with Gasteiger partial charge in [0, 0.05) is 18.6 Å². The van der Waals surface area contributed by atoms with Gasteiger partial charge in [0.05, 0.1) is 0 Å². The van der Waals surface area contributed by atoms with E-state index in [0.717, 1.165) is 18.0 Å². The molecule has 0 radical (unpaired) electrons. The summed E-state index contributed by atoms with van der Waals surface area (Å²) in [6.45, 7) is 4.88. The van der Waals surface area contributed by atoms with Gasteiger partial charge in [-0.15, -0.1) is 0 Å². The standard InChI is InChI=1S/C15H28N2/c1-2-15(6-7-15)11-16-8-5-12-9-13-3-4-14(10-12)17-13/h12-14,16-17H,2-11H2,1H3. The first-order valence-corrected chi connectivity index (χ1v) is 7.76. The zero-order chi connectivity index (χ0) is 11.7. The average molecular weight is 236 g/mol. The van der Waals surface area contributed by atoms with Crippen LogP contribution in [-0.2, 0) is 0 Å². The first-order chi connectivity index (χ1) is 8.30. The smallest absolute Gasteiger partial charge is 0.00728 e. The van der Waals surface area contributed by atoms with Crippen molar-refractivity contribution in [1.82, 2.24) is 10.6 Å². The maximum absolute atomic E-state index is 3.73. The number of rotatable bonds is 6. The van der Waals surface area contributed by atoms with E-state index in [0.29, 0.717) is 5.41 Å². The normalized spacial score (nSPS) is 38.3. The lowest BCUT2D eigenvalue weighted by molar-refractivity contribution is 0.280. The molecule has 2 aliphatic heterocycles. The van der Waals surface area contributed by atoms with Crippen LogP contribution in [0.25, 0.3) is 0 Å². The molecule has 17 heavy (non-hydrogen) atoms. The van der Waals surface area contributed by atoms with Crippen molar-refractivity contribution in [3.8, 4) is 0 Å². The molecule has 2 atom stereocenters. The van der Waals surface area contributed by atoms with Gasteiger partial charge in [-0.1, -0.05) is 6.92 Å². The largest absolute Gasteiger partial charge is 0.316 e. The van der Waals surface area contributed by atoms with Gasteiger partial charge in [0.15, 0.2) is 0 Å². The predicted molar refractivity (Wildman–Crippen MR) is 72.1 cm³/mol. The fourth-order valence-corrected chi connectivity index (χ4v) is 3.90. The summed E-state index contributed by atoms with van der Waals surface area (Å²) in [7, 11) is 0. The van der Waals surface area contributed by atoms with Crippen LogP contribution in [0.5, 0.6) is 0 Å². The van der Waals surface area contributed by atoms with E-state index in [9.17, 15) is 0 Å². The fourth-order valence-electron chi connectivity index (χ4n) is 3.90. The summed E-state index contributed by atoms with van der Waals surface area (Å²) in [6.07, 6.45) is 11.5. The predicted octanol–water partition coefficient (Wildman–Crippen LogP) is 2.69. The van der Waals surface area contributed by atoms with Gasteiger partial charge in [-0.3, -0.25) is 0 Å². The van der Waals surface area contributed by atoms with Crippen LogP contribution in [0, 0.1) is 11.3 Å². The van der Waals surface area contributed by atoms with Gasteiger partial charge in [0.1, 0.15) is 0 Å². The van der Waals surface area contributed by atoms with Gasteiger partial charge in [-0.25, -0.2) is 0 Å². The Kier molecular flexibility index (Phi) is 3.45. The second kappa shape index (κ2) is 4.89. The Hall–Kier alpha value is -0.0800. The van der Waals surface area contributed by atoms with Gasteiger partial charge in [0.2, 0.25) is 0 Å². The Morgan fingerprint density at radius 2 is 1.88 bits per heavy atom. The molecular formula is C15H28N2. The minimum absolute atomic E-state index is 0.715. The van der Waals surface area contributed by atoms with Crippen LogP contribution < -0.4 is 10.6 Å². The summed E-state index contributed by atoms with van der Waals surface area (Å²) >= 11 is 0. The average Bonchev–Trinajstić information content (AvgIpc) is 3.06. The molecule has 2 bridgehead atoms. The molecule has 0 spiro atoms. The topological polar surface area (TPSA) is 24.1 Å². The summed E-state index contributed by atoms with van der Waals surface area (Å²) in [5, 5.41) is 7.45. The van der Waals surface area contributed by atoms with Crippen molar-refractivity contribution in [2.24, 2.45) is 11.3 Å². The van der Waals surface area contributed by atoms with Crippen LogP contribution in [0.4, 0.5) is 0 Å². The first kappa shape index (κ1) is 12.0. The highest BCUT2D eigenvalue weighted by atomic mass is 15.0. The lowest BCUT2D eigenvalue weighted by Crippen LogP contribution is -2.39. The monoisotopic (exact) mass is 236 g/mol. The SMILES string of the molecule is CCC1(CNCCC2CC3CCC(C2)N3)CC1. The van der Waals surface area contributed by atoms with E-state index >= 15 is 0 Å². The van der Waals surface area contributed by atoms with Crippen molar-refractivity contribution in [2.45, 2.75) is 70.4 Å². The van der Waals surface area contributed by atoms with Crippen molar-refractivity contribution in [3.63, 3.8) is 0 Å². The summed E-state index contributed by atoms with van der Waals surface area (Å²) in [4.78, 5) is 0. The van der Waals surface area contributed by atoms with Crippen molar-refractivity contribution < 1.29 is 0 Å². The molecule has 0 aromatic heterocycles. The second-order valence-corrected chi connectivity index (χ2v) is 6.79. The van der Waals surface area contributed by atoms with Gasteiger partial charge >= 0.3 is 0 Å². The maximum Gasteiger partial charge on any atom is 0.00728 e. The third-order valence-corrected chi connectivity index (χ3v) is 5.51. The quantitative estimate of drug-likeness (QED) is 0.693. The number of fused-ring (bicyclic) bond motifs is 2. The van der Waals surface area contributed by atoms with E-state index in [1.807, 2.05) is 0 Å². The molecule has 0 aromatic carbocycles. The Labute approximate surface area is 106 Å². The molecule has 98 valence electrons. The summed E-state index contributed by atoms with van der Waals surface area (Å²) in [6, 6.07) is 1.73. The van der Waals surface area contributed by atoms with Crippen molar-refractivity contribution in [1.29, 1.82) is 0 Å². The highest BCUT2D eigenvalue weighted by molar-refractivity contribution is 4.94. The molecule has 2 nitrogen and oxygen atoms in total. The first-order valence-electron chi connectivity index (χ1n) is 7.76. The summed E-state index contributed by atoms with van der Waals surface area (Å²) < 4.78 is 0. The van der Waals surface area contributed by atoms with Crippen LogP contribution >= 0.6 is 0 Å². The molecule has 1 aliphatic carbocycles. The molecule has 3 rings (SSSR count). The lowest BCUT2D eigenvalue weighted by Gasteiger charge is -2.29. The lowest BCUT2D eigenvalue weighted by atomic mass is 9.89. The molecule has 2 saturated heterocycles. The molecule has 1 saturated carbocycles.